The minimum atomic E-state index is -3.78. The number of carbonyl (C=O) groups excluding carboxylic acids is 1. The molecule has 122 valence electrons. The van der Waals surface area contributed by atoms with E-state index in [1.54, 1.807) is 43.3 Å². The van der Waals surface area contributed by atoms with Crippen molar-refractivity contribution in [1.29, 1.82) is 0 Å². The molecule has 0 atom stereocenters. The Morgan fingerprint density at radius 2 is 1.83 bits per heavy atom. The Labute approximate surface area is 135 Å². The van der Waals surface area contributed by atoms with Crippen LogP contribution in [0.15, 0.2) is 47.4 Å². The summed E-state index contributed by atoms with van der Waals surface area (Å²) >= 11 is 0. The van der Waals surface area contributed by atoms with Gasteiger partial charge in [-0.05, 0) is 36.8 Å². The maximum atomic E-state index is 12.6. The molecule has 0 saturated carbocycles. The Balaban J connectivity index is 2.36. The molecule has 0 radical (unpaired) electrons. The SMILES string of the molecule is COc1cccc(NS(=O)(=O)c2cc(NC(C)=O)ccc2C)c1. The topological polar surface area (TPSA) is 84.5 Å². The summed E-state index contributed by atoms with van der Waals surface area (Å²) in [5.41, 5.74) is 1.40. The molecule has 2 N–H and O–H groups in total. The predicted molar refractivity (Wildman–Crippen MR) is 89.3 cm³/mol. The molecule has 0 bridgehead atoms. The molecule has 2 rings (SSSR count). The molecule has 0 unspecified atom stereocenters. The molecule has 0 aromatic heterocycles. The second kappa shape index (κ2) is 6.70. The van der Waals surface area contributed by atoms with Gasteiger partial charge in [0.15, 0.2) is 0 Å². The van der Waals surface area contributed by atoms with Crippen LogP contribution in [0, 0.1) is 6.92 Å². The highest BCUT2D eigenvalue weighted by atomic mass is 32.2. The zero-order valence-corrected chi connectivity index (χ0v) is 13.9. The molecule has 2 aromatic carbocycles. The third kappa shape index (κ3) is 4.23. The minimum Gasteiger partial charge on any atom is -0.497 e. The molecular weight excluding hydrogens is 316 g/mol. The zero-order chi connectivity index (χ0) is 17.0. The fraction of sp³-hybridized carbons (Fsp3) is 0.188. The number of benzene rings is 2. The van der Waals surface area contributed by atoms with Crippen LogP contribution in [0.4, 0.5) is 11.4 Å². The third-order valence-electron chi connectivity index (χ3n) is 3.12. The highest BCUT2D eigenvalue weighted by Gasteiger charge is 2.18. The van der Waals surface area contributed by atoms with Gasteiger partial charge in [-0.3, -0.25) is 9.52 Å². The minimum absolute atomic E-state index is 0.103. The molecular formula is C16H18N2O4S. The third-order valence-corrected chi connectivity index (χ3v) is 4.64. The molecule has 0 aliphatic rings. The van der Waals surface area contributed by atoms with Crippen molar-refractivity contribution in [2.45, 2.75) is 18.7 Å². The van der Waals surface area contributed by atoms with Gasteiger partial charge in [0.2, 0.25) is 5.91 Å². The summed E-state index contributed by atoms with van der Waals surface area (Å²) in [5, 5.41) is 2.58. The van der Waals surface area contributed by atoms with Gasteiger partial charge in [-0.15, -0.1) is 0 Å². The lowest BCUT2D eigenvalue weighted by atomic mass is 10.2. The van der Waals surface area contributed by atoms with Crippen LogP contribution in [0.25, 0.3) is 0 Å². The molecule has 0 saturated heterocycles. The van der Waals surface area contributed by atoms with E-state index in [0.29, 0.717) is 22.7 Å². The van der Waals surface area contributed by atoms with Crippen LogP contribution in [-0.4, -0.2) is 21.4 Å². The van der Waals surface area contributed by atoms with E-state index in [9.17, 15) is 13.2 Å². The predicted octanol–water partition coefficient (Wildman–Crippen LogP) is 2.76. The highest BCUT2D eigenvalue weighted by molar-refractivity contribution is 7.92. The van der Waals surface area contributed by atoms with Gasteiger partial charge in [0.25, 0.3) is 10.0 Å². The number of hydrogen-bond acceptors (Lipinski definition) is 4. The van der Waals surface area contributed by atoms with E-state index in [1.807, 2.05) is 0 Å². The Kier molecular flexibility index (Phi) is 4.90. The second-order valence-electron chi connectivity index (χ2n) is 5.00. The molecule has 0 heterocycles. The van der Waals surface area contributed by atoms with E-state index < -0.39 is 10.0 Å². The van der Waals surface area contributed by atoms with Crippen molar-refractivity contribution in [3.8, 4) is 5.75 Å². The van der Waals surface area contributed by atoms with Gasteiger partial charge >= 0.3 is 0 Å². The summed E-state index contributed by atoms with van der Waals surface area (Å²) < 4.78 is 32.8. The van der Waals surface area contributed by atoms with Crippen molar-refractivity contribution in [3.05, 3.63) is 48.0 Å². The summed E-state index contributed by atoms with van der Waals surface area (Å²) in [5.74, 6) is 0.284. The van der Waals surface area contributed by atoms with E-state index in [1.165, 1.54) is 20.1 Å². The number of rotatable bonds is 5. The first-order valence-corrected chi connectivity index (χ1v) is 8.35. The van der Waals surface area contributed by atoms with Crippen molar-refractivity contribution in [3.63, 3.8) is 0 Å². The van der Waals surface area contributed by atoms with E-state index in [2.05, 4.69) is 10.0 Å². The maximum Gasteiger partial charge on any atom is 0.262 e. The largest absolute Gasteiger partial charge is 0.497 e. The van der Waals surface area contributed by atoms with Crippen molar-refractivity contribution >= 4 is 27.3 Å². The molecule has 0 spiro atoms. The Bertz CT molecular complexity index is 832. The first-order valence-electron chi connectivity index (χ1n) is 6.87. The molecule has 0 aliphatic heterocycles. The molecule has 1 amide bonds. The number of sulfonamides is 1. The molecule has 23 heavy (non-hydrogen) atoms. The van der Waals surface area contributed by atoms with Crippen LogP contribution < -0.4 is 14.8 Å². The maximum absolute atomic E-state index is 12.6. The van der Waals surface area contributed by atoms with Crippen molar-refractivity contribution in [2.24, 2.45) is 0 Å². The fourth-order valence-electron chi connectivity index (χ4n) is 2.07. The van der Waals surface area contributed by atoms with Crippen molar-refractivity contribution < 1.29 is 17.9 Å². The number of amides is 1. The van der Waals surface area contributed by atoms with Gasteiger partial charge in [-0.1, -0.05) is 12.1 Å². The number of carbonyl (C=O) groups is 1. The molecule has 7 heteroatoms. The van der Waals surface area contributed by atoms with E-state index in [-0.39, 0.29) is 10.8 Å². The lowest BCUT2D eigenvalue weighted by Crippen LogP contribution is -2.15. The standard InChI is InChI=1S/C16H18N2O4S/c1-11-7-8-13(17-12(2)19)10-16(11)23(20,21)18-14-5-4-6-15(9-14)22-3/h4-10,18H,1-3H3,(H,17,19). The summed E-state index contributed by atoms with van der Waals surface area (Å²) in [6.45, 7) is 3.06. The van der Waals surface area contributed by atoms with Gasteiger partial charge in [0.05, 0.1) is 17.7 Å². The number of ether oxygens (including phenoxy) is 1. The lowest BCUT2D eigenvalue weighted by molar-refractivity contribution is -0.114. The molecule has 6 nitrogen and oxygen atoms in total. The lowest BCUT2D eigenvalue weighted by Gasteiger charge is -2.13. The van der Waals surface area contributed by atoms with Gasteiger partial charge in [0, 0.05) is 18.7 Å². The van der Waals surface area contributed by atoms with Crippen molar-refractivity contribution in [2.75, 3.05) is 17.1 Å². The Morgan fingerprint density at radius 3 is 2.48 bits per heavy atom. The van der Waals surface area contributed by atoms with Gasteiger partial charge < -0.3 is 10.1 Å². The smallest absolute Gasteiger partial charge is 0.262 e. The van der Waals surface area contributed by atoms with Gasteiger partial charge in [-0.25, -0.2) is 8.42 Å². The quantitative estimate of drug-likeness (QED) is 0.880. The summed E-state index contributed by atoms with van der Waals surface area (Å²) in [6.07, 6.45) is 0. The van der Waals surface area contributed by atoms with E-state index in [4.69, 9.17) is 4.74 Å². The average molecular weight is 334 g/mol. The van der Waals surface area contributed by atoms with Crippen molar-refractivity contribution in [1.82, 2.24) is 0 Å². The summed E-state index contributed by atoms with van der Waals surface area (Å²) in [6, 6.07) is 11.4. The van der Waals surface area contributed by atoms with Crippen LogP contribution in [0.2, 0.25) is 0 Å². The van der Waals surface area contributed by atoms with Crippen LogP contribution in [0.3, 0.4) is 0 Å². The Hall–Kier alpha value is -2.54. The zero-order valence-electron chi connectivity index (χ0n) is 13.1. The van der Waals surface area contributed by atoms with Gasteiger partial charge in [-0.2, -0.15) is 0 Å². The normalized spacial score (nSPS) is 10.9. The monoisotopic (exact) mass is 334 g/mol. The molecule has 2 aromatic rings. The molecule has 0 fully saturated rings. The van der Waals surface area contributed by atoms with E-state index in [0.717, 1.165) is 0 Å². The van der Waals surface area contributed by atoms with Crippen LogP contribution >= 0.6 is 0 Å². The first-order chi connectivity index (χ1) is 10.8. The highest BCUT2D eigenvalue weighted by Crippen LogP contribution is 2.24. The summed E-state index contributed by atoms with van der Waals surface area (Å²) in [4.78, 5) is 11.2. The second-order valence-corrected chi connectivity index (χ2v) is 6.65. The van der Waals surface area contributed by atoms with E-state index >= 15 is 0 Å². The van der Waals surface area contributed by atoms with Gasteiger partial charge in [0.1, 0.15) is 5.75 Å². The summed E-state index contributed by atoms with van der Waals surface area (Å²) in [7, 11) is -2.28. The number of hydrogen-bond donors (Lipinski definition) is 2. The van der Waals surface area contributed by atoms with Crippen LogP contribution in [0.1, 0.15) is 12.5 Å². The van der Waals surface area contributed by atoms with Crippen LogP contribution in [0.5, 0.6) is 5.75 Å². The number of methoxy groups -OCH3 is 1. The fourth-order valence-corrected chi connectivity index (χ4v) is 3.39. The first kappa shape index (κ1) is 16.8. The molecule has 0 aliphatic carbocycles. The Morgan fingerprint density at radius 1 is 1.09 bits per heavy atom. The van der Waals surface area contributed by atoms with Crippen LogP contribution in [-0.2, 0) is 14.8 Å². The average Bonchev–Trinajstić information content (AvgIpc) is 2.48. The number of aryl methyl sites for hydroxylation is 1. The number of nitrogens with one attached hydrogen (secondary N) is 2. The number of anilines is 2.